The minimum atomic E-state index is -0.656. The third-order valence-electron chi connectivity index (χ3n) is 3.47. The third kappa shape index (κ3) is 6.31. The second-order valence-corrected chi connectivity index (χ2v) is 6.61. The molecular formula is C17H23FN2O3S. The maximum Gasteiger partial charge on any atom is 0.242 e. The summed E-state index contributed by atoms with van der Waals surface area (Å²) in [5, 5.41) is 5.36. The quantitative estimate of drug-likeness (QED) is 0.556. The van der Waals surface area contributed by atoms with Crippen LogP contribution in [0.1, 0.15) is 44.5 Å². The zero-order chi connectivity index (χ0) is 18.3. The second kappa shape index (κ2) is 9.42. The molecule has 24 heavy (non-hydrogen) atoms. The van der Waals surface area contributed by atoms with Gasteiger partial charge in [-0.1, -0.05) is 13.0 Å². The van der Waals surface area contributed by atoms with E-state index in [4.69, 9.17) is 0 Å². The van der Waals surface area contributed by atoms with Gasteiger partial charge >= 0.3 is 0 Å². The van der Waals surface area contributed by atoms with Gasteiger partial charge in [0.15, 0.2) is 5.78 Å². The van der Waals surface area contributed by atoms with Crippen molar-refractivity contribution in [1.29, 1.82) is 0 Å². The van der Waals surface area contributed by atoms with Gasteiger partial charge in [-0.25, -0.2) is 4.39 Å². The van der Waals surface area contributed by atoms with Gasteiger partial charge in [0, 0.05) is 16.5 Å². The topological polar surface area (TPSA) is 75.3 Å². The van der Waals surface area contributed by atoms with Gasteiger partial charge in [0.25, 0.3) is 0 Å². The van der Waals surface area contributed by atoms with E-state index in [-0.39, 0.29) is 39.9 Å². The number of Topliss-reactive ketones (excluding diaryl/α,β-unsaturated/α-hetero) is 1. The van der Waals surface area contributed by atoms with Crippen molar-refractivity contribution in [3.05, 3.63) is 29.6 Å². The minimum absolute atomic E-state index is 0.0166. The van der Waals surface area contributed by atoms with Gasteiger partial charge in [-0.05, 0) is 39.3 Å². The Morgan fingerprint density at radius 2 is 1.88 bits per heavy atom. The number of halogens is 1. The Labute approximate surface area is 145 Å². The average Bonchev–Trinajstić information content (AvgIpc) is 2.53. The first kappa shape index (κ1) is 20.2. The third-order valence-corrected chi connectivity index (χ3v) is 4.52. The van der Waals surface area contributed by atoms with E-state index in [1.165, 1.54) is 19.1 Å². The van der Waals surface area contributed by atoms with Crippen LogP contribution in [0.3, 0.4) is 0 Å². The molecule has 0 unspecified atom stereocenters. The largest absolute Gasteiger partial charge is 0.352 e. The fourth-order valence-electron chi connectivity index (χ4n) is 1.80. The Bertz CT molecular complexity index is 622. The monoisotopic (exact) mass is 354 g/mol. The lowest BCUT2D eigenvalue weighted by Gasteiger charge is -2.17. The van der Waals surface area contributed by atoms with Gasteiger partial charge in [0.2, 0.25) is 11.8 Å². The molecule has 0 bridgehead atoms. The molecule has 0 aliphatic heterocycles. The number of carbonyl (C=O) groups excluding carboxylic acids is 3. The van der Waals surface area contributed by atoms with Crippen LogP contribution in [0, 0.1) is 5.82 Å². The van der Waals surface area contributed by atoms with Crippen LogP contribution in [0.2, 0.25) is 0 Å². The van der Waals surface area contributed by atoms with Crippen LogP contribution < -0.4 is 10.6 Å². The molecule has 0 radical (unpaired) electrons. The van der Waals surface area contributed by atoms with Crippen LogP contribution in [0.5, 0.6) is 0 Å². The van der Waals surface area contributed by atoms with Gasteiger partial charge in [-0.3, -0.25) is 14.4 Å². The smallest absolute Gasteiger partial charge is 0.242 e. The number of amides is 2. The molecule has 0 fully saturated rings. The summed E-state index contributed by atoms with van der Waals surface area (Å²) >= 11 is 1.02. The summed E-state index contributed by atoms with van der Waals surface area (Å²) in [4.78, 5) is 35.2. The zero-order valence-corrected chi connectivity index (χ0v) is 15.1. The molecule has 2 N–H and O–H groups in total. The number of nitrogens with one attached hydrogen (secondary N) is 2. The summed E-state index contributed by atoms with van der Waals surface area (Å²) < 4.78 is 13.9. The lowest BCUT2D eigenvalue weighted by Crippen LogP contribution is -2.47. The normalized spacial score (nSPS) is 13.0. The molecule has 0 aliphatic rings. The Morgan fingerprint density at radius 1 is 1.21 bits per heavy atom. The molecule has 2 amide bonds. The number of benzene rings is 1. The molecule has 1 aromatic carbocycles. The summed E-state index contributed by atoms with van der Waals surface area (Å²) in [5.74, 6) is -1.38. The first-order valence-electron chi connectivity index (χ1n) is 7.77. The van der Waals surface area contributed by atoms with Crippen molar-refractivity contribution in [2.24, 2.45) is 0 Å². The number of carbonyl (C=O) groups is 3. The standard InChI is InChI=1S/C17H23FN2O3S/c1-5-10(2)19-17(23)11(3)20-16(22)9-24-15-7-6-13(12(4)21)8-14(15)18/h6-8,10-11H,5,9H2,1-4H3,(H,19,23)(H,20,22)/t10-,11-/m1/s1. The van der Waals surface area contributed by atoms with Crippen LogP contribution >= 0.6 is 11.8 Å². The minimum Gasteiger partial charge on any atom is -0.352 e. The van der Waals surface area contributed by atoms with E-state index >= 15 is 0 Å². The van der Waals surface area contributed by atoms with Crippen molar-refractivity contribution in [2.45, 2.75) is 51.1 Å². The van der Waals surface area contributed by atoms with E-state index in [2.05, 4.69) is 10.6 Å². The highest BCUT2D eigenvalue weighted by Gasteiger charge is 2.17. The van der Waals surface area contributed by atoms with E-state index in [0.29, 0.717) is 0 Å². The number of ketones is 1. The fraction of sp³-hybridized carbons (Fsp3) is 0.471. The second-order valence-electron chi connectivity index (χ2n) is 5.60. The van der Waals surface area contributed by atoms with Gasteiger partial charge in [0.1, 0.15) is 11.9 Å². The molecule has 0 saturated heterocycles. The average molecular weight is 354 g/mol. The highest BCUT2D eigenvalue weighted by Crippen LogP contribution is 2.22. The number of hydrogen-bond acceptors (Lipinski definition) is 4. The molecule has 5 nitrogen and oxygen atoms in total. The van der Waals surface area contributed by atoms with E-state index in [1.807, 2.05) is 13.8 Å². The van der Waals surface area contributed by atoms with E-state index in [1.54, 1.807) is 6.92 Å². The molecule has 0 heterocycles. The molecule has 2 atom stereocenters. The number of hydrogen-bond donors (Lipinski definition) is 2. The van der Waals surface area contributed by atoms with Crippen molar-refractivity contribution in [3.63, 3.8) is 0 Å². The maximum absolute atomic E-state index is 13.9. The zero-order valence-electron chi connectivity index (χ0n) is 14.3. The van der Waals surface area contributed by atoms with E-state index < -0.39 is 11.9 Å². The Morgan fingerprint density at radius 3 is 2.42 bits per heavy atom. The molecule has 0 spiro atoms. The van der Waals surface area contributed by atoms with Crippen LogP contribution in [0.15, 0.2) is 23.1 Å². The Balaban J connectivity index is 2.51. The summed E-state index contributed by atoms with van der Waals surface area (Å²) in [6.07, 6.45) is 0.803. The lowest BCUT2D eigenvalue weighted by atomic mass is 10.1. The molecule has 7 heteroatoms. The number of thioether (sulfide) groups is 1. The molecule has 1 rings (SSSR count). The van der Waals surface area contributed by atoms with Crippen molar-refractivity contribution in [1.82, 2.24) is 10.6 Å². The summed E-state index contributed by atoms with van der Waals surface area (Å²) in [7, 11) is 0. The van der Waals surface area contributed by atoms with E-state index in [0.717, 1.165) is 24.2 Å². The fourth-order valence-corrected chi connectivity index (χ4v) is 2.53. The molecule has 0 aromatic heterocycles. The van der Waals surface area contributed by atoms with Crippen molar-refractivity contribution < 1.29 is 18.8 Å². The molecule has 0 aliphatic carbocycles. The highest BCUT2D eigenvalue weighted by atomic mass is 32.2. The SMILES string of the molecule is CC[C@@H](C)NC(=O)[C@@H](C)NC(=O)CSc1ccc(C(C)=O)cc1F. The van der Waals surface area contributed by atoms with E-state index in [9.17, 15) is 18.8 Å². The van der Waals surface area contributed by atoms with Gasteiger partial charge < -0.3 is 10.6 Å². The number of rotatable bonds is 8. The van der Waals surface area contributed by atoms with Gasteiger partial charge in [0.05, 0.1) is 5.75 Å². The van der Waals surface area contributed by atoms with Crippen molar-refractivity contribution >= 4 is 29.4 Å². The van der Waals surface area contributed by atoms with Crippen LogP contribution in [-0.2, 0) is 9.59 Å². The first-order chi connectivity index (χ1) is 11.2. The summed E-state index contributed by atoms with van der Waals surface area (Å²) in [6, 6.07) is 3.54. The maximum atomic E-state index is 13.9. The molecular weight excluding hydrogens is 331 g/mol. The predicted octanol–water partition coefficient (Wildman–Crippen LogP) is 2.54. The Hall–Kier alpha value is -1.89. The lowest BCUT2D eigenvalue weighted by molar-refractivity contribution is -0.127. The van der Waals surface area contributed by atoms with Crippen LogP contribution in [-0.4, -0.2) is 35.4 Å². The van der Waals surface area contributed by atoms with Crippen LogP contribution in [0.4, 0.5) is 4.39 Å². The van der Waals surface area contributed by atoms with Crippen LogP contribution in [0.25, 0.3) is 0 Å². The van der Waals surface area contributed by atoms with Crippen molar-refractivity contribution in [2.75, 3.05) is 5.75 Å². The first-order valence-corrected chi connectivity index (χ1v) is 8.76. The summed E-state index contributed by atoms with van der Waals surface area (Å²) in [5.41, 5.74) is 0.289. The molecule has 0 saturated carbocycles. The van der Waals surface area contributed by atoms with Crippen molar-refractivity contribution in [3.8, 4) is 0 Å². The molecule has 1 aromatic rings. The Kier molecular flexibility index (Phi) is 7.91. The predicted molar refractivity (Wildman–Crippen MR) is 92.6 cm³/mol. The van der Waals surface area contributed by atoms with Gasteiger partial charge in [-0.2, -0.15) is 0 Å². The summed E-state index contributed by atoms with van der Waals surface area (Å²) in [6.45, 7) is 6.80. The molecule has 132 valence electrons. The van der Waals surface area contributed by atoms with Gasteiger partial charge in [-0.15, -0.1) is 11.8 Å². The highest BCUT2D eigenvalue weighted by molar-refractivity contribution is 8.00.